The summed E-state index contributed by atoms with van der Waals surface area (Å²) in [5, 5.41) is 10.1. The van der Waals surface area contributed by atoms with Crippen molar-refractivity contribution in [2.45, 2.75) is 18.8 Å². The Bertz CT molecular complexity index is 641. The van der Waals surface area contributed by atoms with Crippen LogP contribution in [0.25, 0.3) is 5.69 Å². The number of aromatic amines is 1. The smallest absolute Gasteiger partial charge is 0.347 e. The number of nitrogens with one attached hydrogen (secondary N) is 2. The number of H-pyrrole nitrogens is 1. The monoisotopic (exact) mass is 274 g/mol. The van der Waals surface area contributed by atoms with Gasteiger partial charge in [0.25, 0.3) is 0 Å². The van der Waals surface area contributed by atoms with Crippen molar-refractivity contribution in [2.24, 2.45) is 0 Å². The van der Waals surface area contributed by atoms with E-state index in [-0.39, 0.29) is 5.69 Å². The Hall–Kier alpha value is -2.08. The number of rotatable bonds is 3. The zero-order valence-corrected chi connectivity index (χ0v) is 11.4. The summed E-state index contributed by atoms with van der Waals surface area (Å²) >= 11 is 0. The first-order chi connectivity index (χ1) is 9.79. The van der Waals surface area contributed by atoms with E-state index in [1.54, 1.807) is 11.7 Å². The number of hydrogen-bond donors (Lipinski definition) is 2. The average Bonchev–Trinajstić information content (AvgIpc) is 2.90. The van der Waals surface area contributed by atoms with E-state index in [4.69, 9.17) is 4.74 Å². The predicted molar refractivity (Wildman–Crippen MR) is 75.6 cm³/mol. The normalized spacial score (nSPS) is 16.2. The van der Waals surface area contributed by atoms with Gasteiger partial charge < -0.3 is 10.1 Å². The summed E-state index contributed by atoms with van der Waals surface area (Å²) in [6.07, 6.45) is 1.99. The highest BCUT2D eigenvalue weighted by Gasteiger charge is 2.22. The van der Waals surface area contributed by atoms with Gasteiger partial charge in [0.05, 0.1) is 12.8 Å². The lowest BCUT2D eigenvalue weighted by molar-refractivity contribution is 0.414. The van der Waals surface area contributed by atoms with Crippen molar-refractivity contribution in [2.75, 3.05) is 20.2 Å². The highest BCUT2D eigenvalue weighted by molar-refractivity contribution is 5.40. The third kappa shape index (κ3) is 2.34. The van der Waals surface area contributed by atoms with Crippen LogP contribution in [0.4, 0.5) is 0 Å². The largest absolute Gasteiger partial charge is 0.497 e. The lowest BCUT2D eigenvalue weighted by atomic mass is 9.97. The molecular weight excluding hydrogens is 256 g/mol. The van der Waals surface area contributed by atoms with Gasteiger partial charge in [-0.1, -0.05) is 6.07 Å². The highest BCUT2D eigenvalue weighted by Crippen LogP contribution is 2.25. The van der Waals surface area contributed by atoms with E-state index in [0.717, 1.165) is 43.2 Å². The van der Waals surface area contributed by atoms with Gasteiger partial charge in [-0.3, -0.25) is 0 Å². The predicted octanol–water partition coefficient (Wildman–Crippen LogP) is 1.04. The molecule has 1 aliphatic rings. The molecule has 0 atom stereocenters. The standard InChI is InChI=1S/C14H18N4O2/c1-20-12-4-2-3-11(9-12)18-13(16-17-14(18)19)10-5-7-15-8-6-10/h2-4,9-10,15H,5-8H2,1H3,(H,17,19). The molecule has 1 aliphatic heterocycles. The SMILES string of the molecule is COc1cccc(-n2c(C3CCNCC3)n[nH]c2=O)c1. The summed E-state index contributed by atoms with van der Waals surface area (Å²) in [5.74, 6) is 1.85. The summed E-state index contributed by atoms with van der Waals surface area (Å²) in [5.41, 5.74) is 0.586. The molecule has 0 saturated carbocycles. The Morgan fingerprint density at radius 1 is 1.35 bits per heavy atom. The van der Waals surface area contributed by atoms with Gasteiger partial charge in [-0.2, -0.15) is 5.10 Å². The van der Waals surface area contributed by atoms with Crippen molar-refractivity contribution in [3.8, 4) is 11.4 Å². The molecular formula is C14H18N4O2. The molecule has 0 amide bonds. The van der Waals surface area contributed by atoms with E-state index < -0.39 is 0 Å². The number of aromatic nitrogens is 3. The van der Waals surface area contributed by atoms with E-state index in [1.807, 2.05) is 24.3 Å². The Morgan fingerprint density at radius 2 is 2.15 bits per heavy atom. The summed E-state index contributed by atoms with van der Waals surface area (Å²) in [4.78, 5) is 12.1. The highest BCUT2D eigenvalue weighted by atomic mass is 16.5. The van der Waals surface area contributed by atoms with Crippen LogP contribution >= 0.6 is 0 Å². The quantitative estimate of drug-likeness (QED) is 0.877. The van der Waals surface area contributed by atoms with E-state index in [2.05, 4.69) is 15.5 Å². The van der Waals surface area contributed by atoms with Crippen LogP contribution in [0, 0.1) is 0 Å². The number of nitrogens with zero attached hydrogens (tertiary/aromatic N) is 2. The van der Waals surface area contributed by atoms with Crippen LogP contribution in [0.5, 0.6) is 5.75 Å². The minimum Gasteiger partial charge on any atom is -0.497 e. The molecule has 0 unspecified atom stereocenters. The molecule has 0 bridgehead atoms. The minimum absolute atomic E-state index is 0.202. The molecule has 0 radical (unpaired) electrons. The Kier molecular flexibility index (Phi) is 3.56. The molecule has 106 valence electrons. The maximum Gasteiger partial charge on any atom is 0.347 e. The first kappa shape index (κ1) is 12.9. The molecule has 1 aromatic heterocycles. The second-order valence-electron chi connectivity index (χ2n) is 4.95. The topological polar surface area (TPSA) is 71.9 Å². The first-order valence-electron chi connectivity index (χ1n) is 6.82. The number of piperidine rings is 1. The van der Waals surface area contributed by atoms with Crippen LogP contribution in [-0.2, 0) is 0 Å². The second kappa shape index (κ2) is 5.50. The number of methoxy groups -OCH3 is 1. The summed E-state index contributed by atoms with van der Waals surface area (Å²) in [6, 6.07) is 7.48. The number of ether oxygens (including phenoxy) is 1. The maximum absolute atomic E-state index is 12.1. The van der Waals surface area contributed by atoms with Crippen molar-refractivity contribution in [1.29, 1.82) is 0 Å². The summed E-state index contributed by atoms with van der Waals surface area (Å²) < 4.78 is 6.87. The van der Waals surface area contributed by atoms with Crippen molar-refractivity contribution in [1.82, 2.24) is 20.1 Å². The molecule has 2 aromatic rings. The van der Waals surface area contributed by atoms with E-state index in [1.165, 1.54) is 0 Å². The van der Waals surface area contributed by atoms with E-state index in [0.29, 0.717) is 5.92 Å². The fraction of sp³-hybridized carbons (Fsp3) is 0.429. The molecule has 6 nitrogen and oxygen atoms in total. The zero-order chi connectivity index (χ0) is 13.9. The fourth-order valence-electron chi connectivity index (χ4n) is 2.66. The van der Waals surface area contributed by atoms with Crippen LogP contribution in [-0.4, -0.2) is 35.0 Å². The number of benzene rings is 1. The Balaban J connectivity index is 2.03. The average molecular weight is 274 g/mol. The Morgan fingerprint density at radius 3 is 2.90 bits per heavy atom. The third-order valence-corrected chi connectivity index (χ3v) is 3.71. The van der Waals surface area contributed by atoms with Gasteiger partial charge >= 0.3 is 5.69 Å². The van der Waals surface area contributed by atoms with Crippen LogP contribution in [0.2, 0.25) is 0 Å². The van der Waals surface area contributed by atoms with Gasteiger partial charge in [-0.05, 0) is 38.1 Å². The summed E-state index contributed by atoms with van der Waals surface area (Å²) in [6.45, 7) is 1.92. The molecule has 2 heterocycles. The second-order valence-corrected chi connectivity index (χ2v) is 4.95. The van der Waals surface area contributed by atoms with E-state index in [9.17, 15) is 4.79 Å². The van der Waals surface area contributed by atoms with Gasteiger partial charge in [0.15, 0.2) is 0 Å². The number of hydrogen-bond acceptors (Lipinski definition) is 4. The molecule has 3 rings (SSSR count). The lowest BCUT2D eigenvalue weighted by Crippen LogP contribution is -2.29. The van der Waals surface area contributed by atoms with Crippen LogP contribution in [0.15, 0.2) is 29.1 Å². The third-order valence-electron chi connectivity index (χ3n) is 3.71. The molecule has 6 heteroatoms. The molecule has 0 spiro atoms. The van der Waals surface area contributed by atoms with Gasteiger partial charge in [0, 0.05) is 12.0 Å². The molecule has 0 aliphatic carbocycles. The van der Waals surface area contributed by atoms with Crippen molar-refractivity contribution in [3.63, 3.8) is 0 Å². The molecule has 20 heavy (non-hydrogen) atoms. The maximum atomic E-state index is 12.1. The molecule has 1 aromatic carbocycles. The van der Waals surface area contributed by atoms with Gasteiger partial charge in [-0.15, -0.1) is 0 Å². The van der Waals surface area contributed by atoms with Crippen LogP contribution < -0.4 is 15.7 Å². The van der Waals surface area contributed by atoms with Crippen molar-refractivity contribution in [3.05, 3.63) is 40.6 Å². The summed E-state index contributed by atoms with van der Waals surface area (Å²) in [7, 11) is 1.62. The zero-order valence-electron chi connectivity index (χ0n) is 11.4. The van der Waals surface area contributed by atoms with Gasteiger partial charge in [0.1, 0.15) is 11.6 Å². The fourth-order valence-corrected chi connectivity index (χ4v) is 2.66. The lowest BCUT2D eigenvalue weighted by Gasteiger charge is -2.22. The van der Waals surface area contributed by atoms with Crippen LogP contribution in [0.1, 0.15) is 24.6 Å². The molecule has 1 fully saturated rings. The molecule has 2 N–H and O–H groups in total. The minimum atomic E-state index is -0.202. The van der Waals surface area contributed by atoms with E-state index >= 15 is 0 Å². The van der Waals surface area contributed by atoms with Crippen LogP contribution in [0.3, 0.4) is 0 Å². The molecule has 1 saturated heterocycles. The first-order valence-corrected chi connectivity index (χ1v) is 6.82. The van der Waals surface area contributed by atoms with Crippen molar-refractivity contribution >= 4 is 0 Å². The van der Waals surface area contributed by atoms with Gasteiger partial charge in [0.2, 0.25) is 0 Å². The Labute approximate surface area is 116 Å². The van der Waals surface area contributed by atoms with Crippen molar-refractivity contribution < 1.29 is 4.74 Å². The van der Waals surface area contributed by atoms with Gasteiger partial charge in [-0.25, -0.2) is 14.5 Å².